The van der Waals surface area contributed by atoms with E-state index >= 15 is 0 Å². The molecular weight excluding hydrogens is 643 g/mol. The summed E-state index contributed by atoms with van der Waals surface area (Å²) < 4.78 is 6.91. The molecule has 2 aromatic carbocycles. The van der Waals surface area contributed by atoms with Crippen LogP contribution in [0.1, 0.15) is 62.6 Å². The Morgan fingerprint density at radius 1 is 0.976 bits per heavy atom. The summed E-state index contributed by atoms with van der Waals surface area (Å²) in [6.45, 7) is 5.32. The molecule has 0 unspecified atom stereocenters. The smallest absolute Gasteiger partial charge is 0.246 e. The predicted octanol–water partition coefficient (Wildman–Crippen LogP) is 4.30. The van der Waals surface area contributed by atoms with E-state index in [9.17, 15) is 14.4 Å². The van der Waals surface area contributed by atoms with Gasteiger partial charge in [0.25, 0.3) is 0 Å². The van der Waals surface area contributed by atoms with Gasteiger partial charge >= 0.3 is 0 Å². The second-order valence-electron chi connectivity index (χ2n) is 11.6. The molecule has 226 valence electrons. The molecule has 1 heterocycles. The number of carbonyl (C=O) groups is 3. The van der Waals surface area contributed by atoms with E-state index in [-0.39, 0.29) is 23.6 Å². The van der Waals surface area contributed by atoms with Gasteiger partial charge in [0, 0.05) is 29.5 Å². The minimum absolute atomic E-state index is 0.194. The number of ether oxygens (including phenoxy) is 1. The van der Waals surface area contributed by atoms with Gasteiger partial charge in [0.2, 0.25) is 17.7 Å². The molecule has 2 atom stereocenters. The highest BCUT2D eigenvalue weighted by atomic mass is 127. The Morgan fingerprint density at radius 3 is 2.50 bits per heavy atom. The van der Waals surface area contributed by atoms with Crippen LogP contribution in [-0.4, -0.2) is 55.0 Å². The third-order valence-electron chi connectivity index (χ3n) is 7.85. The van der Waals surface area contributed by atoms with Gasteiger partial charge in [-0.1, -0.05) is 104 Å². The molecule has 1 aliphatic heterocycles. The zero-order chi connectivity index (χ0) is 30.0. The van der Waals surface area contributed by atoms with E-state index in [2.05, 4.69) is 69.8 Å². The van der Waals surface area contributed by atoms with Crippen molar-refractivity contribution >= 4 is 46.4 Å². The topological polar surface area (TPSA) is 109 Å². The van der Waals surface area contributed by atoms with Crippen LogP contribution in [0.5, 0.6) is 5.75 Å². The maximum absolute atomic E-state index is 14.0. The van der Waals surface area contributed by atoms with E-state index in [0.717, 1.165) is 39.7 Å². The first-order chi connectivity index (χ1) is 20.3. The van der Waals surface area contributed by atoms with Gasteiger partial charge in [-0.15, -0.1) is 0 Å². The van der Waals surface area contributed by atoms with Crippen molar-refractivity contribution in [3.05, 3.63) is 71.3 Å². The number of nitrogens with one attached hydrogen (secondary N) is 4. The van der Waals surface area contributed by atoms with Crippen molar-refractivity contribution in [1.29, 1.82) is 0 Å². The number of amides is 3. The van der Waals surface area contributed by atoms with Crippen LogP contribution in [0.4, 0.5) is 0 Å². The lowest BCUT2D eigenvalue weighted by molar-refractivity contribution is -0.136. The Labute approximate surface area is 263 Å². The van der Waals surface area contributed by atoms with Crippen molar-refractivity contribution in [3.63, 3.8) is 0 Å². The molecule has 4 N–H and O–H groups in total. The molecule has 1 saturated carbocycles. The number of fused-ring (bicyclic) bond motifs is 1. The maximum Gasteiger partial charge on any atom is 0.246 e. The van der Waals surface area contributed by atoms with Gasteiger partial charge in [-0.2, -0.15) is 0 Å². The molecule has 2 aromatic rings. The standard InChI is InChI=1S/C33H43IN4O4/c1-23(2)19-27-31(40)38-33(14-5-6-15-33)32(41)37-28(21-24-9-7-10-25(20-24)22-34)30(39)36-16-8-12-26-11-3-4-13-29(26)42-18-17-35-27/h3-4,7-13,20,23,27-28,35H,5-6,14-19,21-22H2,1-2H3,(H,36,39)(H,37,41)(H,38,40)/b12-8+/t27-,28-/m0/s1. The number of para-hydroxylation sites is 1. The van der Waals surface area contributed by atoms with E-state index in [1.807, 2.05) is 48.6 Å². The normalized spacial score (nSPS) is 22.7. The average molecular weight is 687 g/mol. The van der Waals surface area contributed by atoms with Crippen molar-refractivity contribution in [2.45, 2.75) is 74.4 Å². The molecule has 0 radical (unpaired) electrons. The van der Waals surface area contributed by atoms with Crippen LogP contribution < -0.4 is 26.0 Å². The van der Waals surface area contributed by atoms with Crippen molar-refractivity contribution < 1.29 is 19.1 Å². The Hall–Kier alpha value is -2.92. The van der Waals surface area contributed by atoms with Crippen molar-refractivity contribution in [3.8, 4) is 5.75 Å². The minimum atomic E-state index is -1.04. The summed E-state index contributed by atoms with van der Waals surface area (Å²) in [5.41, 5.74) is 1.98. The molecule has 1 fully saturated rings. The van der Waals surface area contributed by atoms with Gasteiger partial charge in [-0.3, -0.25) is 14.4 Å². The zero-order valence-electron chi connectivity index (χ0n) is 24.6. The molecule has 42 heavy (non-hydrogen) atoms. The highest BCUT2D eigenvalue weighted by Gasteiger charge is 2.44. The first kappa shape index (κ1) is 32.0. The number of hydrogen-bond donors (Lipinski definition) is 4. The second-order valence-corrected chi connectivity index (χ2v) is 12.4. The minimum Gasteiger partial charge on any atom is -0.492 e. The number of carbonyl (C=O) groups excluding carboxylic acids is 3. The first-order valence-electron chi connectivity index (χ1n) is 15.0. The van der Waals surface area contributed by atoms with Crippen LogP contribution in [0.25, 0.3) is 6.08 Å². The quantitative estimate of drug-likeness (QED) is 0.277. The number of halogens is 1. The van der Waals surface area contributed by atoms with E-state index in [1.54, 1.807) is 0 Å². The lowest BCUT2D eigenvalue weighted by Crippen LogP contribution is -2.63. The summed E-state index contributed by atoms with van der Waals surface area (Å²) in [4.78, 5) is 41.1. The van der Waals surface area contributed by atoms with Crippen molar-refractivity contribution in [2.24, 2.45) is 5.92 Å². The van der Waals surface area contributed by atoms with Gasteiger partial charge in [-0.05, 0) is 42.4 Å². The van der Waals surface area contributed by atoms with Gasteiger partial charge in [-0.25, -0.2) is 0 Å². The fourth-order valence-corrected chi connectivity index (χ4v) is 6.13. The van der Waals surface area contributed by atoms with E-state index in [1.165, 1.54) is 0 Å². The lowest BCUT2D eigenvalue weighted by Gasteiger charge is -2.33. The van der Waals surface area contributed by atoms with Gasteiger partial charge in [0.05, 0.1) is 6.04 Å². The second kappa shape index (κ2) is 15.5. The number of hydrogen-bond acceptors (Lipinski definition) is 5. The van der Waals surface area contributed by atoms with Crippen LogP contribution in [0.3, 0.4) is 0 Å². The summed E-state index contributed by atoms with van der Waals surface area (Å²) in [5, 5.41) is 12.5. The fraction of sp³-hybridized carbons (Fsp3) is 0.485. The molecule has 8 nitrogen and oxygen atoms in total. The van der Waals surface area contributed by atoms with Crippen molar-refractivity contribution in [2.75, 3.05) is 19.7 Å². The predicted molar refractivity (Wildman–Crippen MR) is 174 cm³/mol. The third kappa shape index (κ3) is 8.80. The summed E-state index contributed by atoms with van der Waals surface area (Å²) in [5.74, 6) is 0.254. The average Bonchev–Trinajstić information content (AvgIpc) is 3.46. The molecule has 0 aromatic heterocycles. The van der Waals surface area contributed by atoms with Crippen LogP contribution in [-0.2, 0) is 25.2 Å². The Bertz CT molecular complexity index is 1260. The first-order valence-corrected chi connectivity index (χ1v) is 16.5. The SMILES string of the molecule is CC(C)C[C@@H]1NCCOc2ccccc2/C=C/CNC(=O)[C@H](Cc2cccc(CI)c2)NC(=O)C2(CCCC2)NC1=O. The van der Waals surface area contributed by atoms with E-state index < -0.39 is 17.6 Å². The summed E-state index contributed by atoms with van der Waals surface area (Å²) in [6, 6.07) is 14.6. The number of benzene rings is 2. The summed E-state index contributed by atoms with van der Waals surface area (Å²) in [6.07, 6.45) is 7.54. The molecule has 1 spiro atoms. The Balaban J connectivity index is 1.64. The molecule has 9 heteroatoms. The third-order valence-corrected chi connectivity index (χ3v) is 8.73. The summed E-state index contributed by atoms with van der Waals surface area (Å²) in [7, 11) is 0. The number of alkyl halides is 1. The van der Waals surface area contributed by atoms with E-state index in [4.69, 9.17) is 4.74 Å². The lowest BCUT2D eigenvalue weighted by atomic mass is 9.93. The van der Waals surface area contributed by atoms with Gasteiger partial charge in [0.15, 0.2) is 0 Å². The Morgan fingerprint density at radius 2 is 1.74 bits per heavy atom. The molecule has 2 aliphatic rings. The molecule has 1 aliphatic carbocycles. The number of rotatable bonds is 5. The van der Waals surface area contributed by atoms with Gasteiger partial charge in [0.1, 0.15) is 23.9 Å². The molecule has 0 bridgehead atoms. The van der Waals surface area contributed by atoms with Crippen LogP contribution in [0, 0.1) is 5.92 Å². The maximum atomic E-state index is 14.0. The van der Waals surface area contributed by atoms with Crippen LogP contribution >= 0.6 is 22.6 Å². The molecule has 3 amide bonds. The van der Waals surface area contributed by atoms with Gasteiger partial charge < -0.3 is 26.0 Å². The molecular formula is C33H43IN4O4. The van der Waals surface area contributed by atoms with Crippen LogP contribution in [0.2, 0.25) is 0 Å². The molecule has 0 saturated heterocycles. The van der Waals surface area contributed by atoms with E-state index in [0.29, 0.717) is 45.4 Å². The Kier molecular flexibility index (Phi) is 11.8. The monoisotopic (exact) mass is 686 g/mol. The van der Waals surface area contributed by atoms with Crippen molar-refractivity contribution in [1.82, 2.24) is 21.3 Å². The highest BCUT2D eigenvalue weighted by molar-refractivity contribution is 14.1. The van der Waals surface area contributed by atoms with Crippen LogP contribution in [0.15, 0.2) is 54.6 Å². The fourth-order valence-electron chi connectivity index (χ4n) is 5.66. The summed E-state index contributed by atoms with van der Waals surface area (Å²) >= 11 is 2.32. The zero-order valence-corrected chi connectivity index (χ0v) is 26.7. The largest absolute Gasteiger partial charge is 0.492 e. The highest BCUT2D eigenvalue weighted by Crippen LogP contribution is 2.31. The molecule has 4 rings (SSSR count).